The summed E-state index contributed by atoms with van der Waals surface area (Å²) in [5.41, 5.74) is 6.69. The van der Waals surface area contributed by atoms with E-state index in [0.29, 0.717) is 16.5 Å². The summed E-state index contributed by atoms with van der Waals surface area (Å²) < 4.78 is 11.3. The molecule has 0 heterocycles. The minimum absolute atomic E-state index is 0.00477. The number of nitrogens with one attached hydrogen (secondary N) is 2. The maximum atomic E-state index is 12.3. The van der Waals surface area contributed by atoms with Gasteiger partial charge in [-0.05, 0) is 53.1 Å². The predicted molar refractivity (Wildman–Crippen MR) is 132 cm³/mol. The van der Waals surface area contributed by atoms with E-state index in [1.807, 2.05) is 12.1 Å². The summed E-state index contributed by atoms with van der Waals surface area (Å²) in [6.07, 6.45) is -0.901. The SMILES string of the molecule is CC(Oc1ccc(Cl)cc1Cl)C(=O)NNC(=O)COc1ccc(C(C)(C)C)cc1C(C)(C)C. The Morgan fingerprint density at radius 2 is 1.55 bits per heavy atom. The van der Waals surface area contributed by atoms with E-state index < -0.39 is 17.9 Å². The normalized spacial score (nSPS) is 12.6. The third-order valence-corrected chi connectivity index (χ3v) is 5.43. The van der Waals surface area contributed by atoms with Gasteiger partial charge in [-0.3, -0.25) is 20.4 Å². The second-order valence-corrected chi connectivity index (χ2v) is 10.7. The Kier molecular flexibility index (Phi) is 8.66. The summed E-state index contributed by atoms with van der Waals surface area (Å²) in [4.78, 5) is 24.5. The highest BCUT2D eigenvalue weighted by Gasteiger charge is 2.24. The lowest BCUT2D eigenvalue weighted by Gasteiger charge is -2.27. The van der Waals surface area contributed by atoms with E-state index in [2.05, 4.69) is 58.5 Å². The lowest BCUT2D eigenvalue weighted by Crippen LogP contribution is -2.48. The monoisotopic (exact) mass is 494 g/mol. The smallest absolute Gasteiger partial charge is 0.279 e. The Morgan fingerprint density at radius 3 is 2.12 bits per heavy atom. The van der Waals surface area contributed by atoms with Crippen LogP contribution >= 0.6 is 23.2 Å². The van der Waals surface area contributed by atoms with E-state index in [4.69, 9.17) is 32.7 Å². The molecule has 2 N–H and O–H groups in total. The summed E-state index contributed by atoms with van der Waals surface area (Å²) in [7, 11) is 0. The quantitative estimate of drug-likeness (QED) is 0.513. The van der Waals surface area contributed by atoms with E-state index in [0.717, 1.165) is 5.56 Å². The molecule has 2 rings (SSSR count). The average Bonchev–Trinajstić information content (AvgIpc) is 2.70. The van der Waals surface area contributed by atoms with Gasteiger partial charge in [-0.2, -0.15) is 0 Å². The van der Waals surface area contributed by atoms with Gasteiger partial charge in [-0.15, -0.1) is 0 Å². The Morgan fingerprint density at radius 1 is 0.909 bits per heavy atom. The molecule has 0 bridgehead atoms. The van der Waals surface area contributed by atoms with Crippen LogP contribution in [0.25, 0.3) is 0 Å². The lowest BCUT2D eigenvalue weighted by atomic mass is 9.80. The number of carbonyl (C=O) groups is 2. The molecule has 2 aromatic rings. The van der Waals surface area contributed by atoms with Crippen molar-refractivity contribution in [3.63, 3.8) is 0 Å². The van der Waals surface area contributed by atoms with Gasteiger partial charge < -0.3 is 9.47 Å². The van der Waals surface area contributed by atoms with Crippen molar-refractivity contribution in [2.45, 2.75) is 65.4 Å². The van der Waals surface area contributed by atoms with Crippen molar-refractivity contribution in [1.29, 1.82) is 0 Å². The summed E-state index contributed by atoms with van der Waals surface area (Å²) in [5, 5.41) is 0.742. The molecule has 0 saturated carbocycles. The Hall–Kier alpha value is -2.44. The van der Waals surface area contributed by atoms with Crippen molar-refractivity contribution >= 4 is 35.0 Å². The fourth-order valence-electron chi connectivity index (χ4n) is 2.94. The molecule has 0 aromatic heterocycles. The molecule has 6 nitrogen and oxygen atoms in total. The maximum absolute atomic E-state index is 12.3. The van der Waals surface area contributed by atoms with E-state index in [9.17, 15) is 9.59 Å². The average molecular weight is 495 g/mol. The molecular formula is C25H32Cl2N2O4. The third kappa shape index (κ3) is 7.83. The number of hydrazine groups is 1. The molecule has 2 aromatic carbocycles. The first-order valence-electron chi connectivity index (χ1n) is 10.7. The molecule has 0 fully saturated rings. The van der Waals surface area contributed by atoms with Crippen molar-refractivity contribution in [2.24, 2.45) is 0 Å². The number of hydrogen-bond acceptors (Lipinski definition) is 4. The fourth-order valence-corrected chi connectivity index (χ4v) is 3.39. The van der Waals surface area contributed by atoms with Gasteiger partial charge in [0, 0.05) is 5.02 Å². The summed E-state index contributed by atoms with van der Waals surface area (Å²) in [5.74, 6) is -0.100. The Labute approximate surface area is 205 Å². The number of benzene rings is 2. The highest BCUT2D eigenvalue weighted by molar-refractivity contribution is 6.35. The van der Waals surface area contributed by atoms with Crippen LogP contribution in [-0.4, -0.2) is 24.5 Å². The second kappa shape index (κ2) is 10.7. The number of hydrogen-bond donors (Lipinski definition) is 2. The predicted octanol–water partition coefficient (Wildman–Crippen LogP) is 5.58. The van der Waals surface area contributed by atoms with Gasteiger partial charge in [0.15, 0.2) is 12.7 Å². The maximum Gasteiger partial charge on any atom is 0.279 e. The van der Waals surface area contributed by atoms with Crippen LogP contribution in [0, 0.1) is 0 Å². The minimum Gasteiger partial charge on any atom is -0.483 e. The van der Waals surface area contributed by atoms with Gasteiger partial charge in [-0.25, -0.2) is 0 Å². The second-order valence-electron chi connectivity index (χ2n) is 9.87. The van der Waals surface area contributed by atoms with Gasteiger partial charge in [0.25, 0.3) is 11.8 Å². The molecule has 1 atom stereocenters. The molecular weight excluding hydrogens is 463 g/mol. The minimum atomic E-state index is -0.901. The van der Waals surface area contributed by atoms with Crippen molar-refractivity contribution < 1.29 is 19.1 Å². The molecule has 0 aliphatic rings. The topological polar surface area (TPSA) is 76.7 Å². The van der Waals surface area contributed by atoms with E-state index in [-0.39, 0.29) is 22.5 Å². The van der Waals surface area contributed by atoms with Gasteiger partial charge in [0.2, 0.25) is 0 Å². The largest absolute Gasteiger partial charge is 0.483 e. The molecule has 1 unspecified atom stereocenters. The molecule has 2 amide bonds. The van der Waals surface area contributed by atoms with Gasteiger partial charge in [0.05, 0.1) is 5.02 Å². The molecule has 33 heavy (non-hydrogen) atoms. The van der Waals surface area contributed by atoms with E-state index >= 15 is 0 Å². The summed E-state index contributed by atoms with van der Waals surface area (Å²) >= 11 is 11.9. The number of halogens is 2. The van der Waals surface area contributed by atoms with Gasteiger partial charge in [0.1, 0.15) is 11.5 Å². The van der Waals surface area contributed by atoms with Crippen molar-refractivity contribution in [3.05, 3.63) is 57.6 Å². The molecule has 0 saturated heterocycles. The first-order chi connectivity index (χ1) is 15.2. The van der Waals surface area contributed by atoms with Crippen LogP contribution in [0.15, 0.2) is 36.4 Å². The first kappa shape index (κ1) is 26.8. The molecule has 8 heteroatoms. The van der Waals surface area contributed by atoms with E-state index in [1.54, 1.807) is 12.1 Å². The fraction of sp³-hybridized carbons (Fsp3) is 0.440. The molecule has 0 spiro atoms. The Bertz CT molecular complexity index is 1010. The van der Waals surface area contributed by atoms with Crippen molar-refractivity contribution in [1.82, 2.24) is 10.9 Å². The highest BCUT2D eigenvalue weighted by Crippen LogP contribution is 2.35. The van der Waals surface area contributed by atoms with Crippen LogP contribution in [0.2, 0.25) is 10.0 Å². The van der Waals surface area contributed by atoms with Crippen LogP contribution in [0.5, 0.6) is 11.5 Å². The van der Waals surface area contributed by atoms with Crippen LogP contribution in [-0.2, 0) is 20.4 Å². The molecule has 0 aliphatic carbocycles. The number of carbonyl (C=O) groups excluding carboxylic acids is 2. The summed E-state index contributed by atoms with van der Waals surface area (Å²) in [6.45, 7) is 14.0. The number of amides is 2. The van der Waals surface area contributed by atoms with Crippen LogP contribution in [0.4, 0.5) is 0 Å². The zero-order valence-corrected chi connectivity index (χ0v) is 21.6. The summed E-state index contributed by atoms with van der Waals surface area (Å²) in [6, 6.07) is 10.7. The van der Waals surface area contributed by atoms with Gasteiger partial charge in [-0.1, -0.05) is 76.9 Å². The molecule has 0 radical (unpaired) electrons. The highest BCUT2D eigenvalue weighted by atomic mass is 35.5. The first-order valence-corrected chi connectivity index (χ1v) is 11.4. The standard InChI is InChI=1S/C25H32Cl2N2O4/c1-15(33-21-11-9-17(26)13-19(21)27)23(31)29-28-22(30)14-32-20-10-8-16(24(2,3)4)12-18(20)25(5,6)7/h8-13,15H,14H2,1-7H3,(H,28,30)(H,29,31). The van der Waals surface area contributed by atoms with Crippen molar-refractivity contribution in [2.75, 3.05) is 6.61 Å². The van der Waals surface area contributed by atoms with Crippen LogP contribution in [0.3, 0.4) is 0 Å². The third-order valence-electron chi connectivity index (χ3n) is 4.90. The molecule has 0 aliphatic heterocycles. The number of ether oxygens (including phenoxy) is 2. The Balaban J connectivity index is 1.94. The van der Waals surface area contributed by atoms with Gasteiger partial charge >= 0.3 is 0 Å². The van der Waals surface area contributed by atoms with Crippen LogP contribution < -0.4 is 20.3 Å². The van der Waals surface area contributed by atoms with Crippen molar-refractivity contribution in [3.8, 4) is 11.5 Å². The number of rotatable bonds is 6. The zero-order valence-electron chi connectivity index (χ0n) is 20.1. The van der Waals surface area contributed by atoms with E-state index in [1.165, 1.54) is 18.6 Å². The molecule has 180 valence electrons. The van der Waals surface area contributed by atoms with Crippen LogP contribution in [0.1, 0.15) is 59.6 Å². The zero-order chi connectivity index (χ0) is 25.0. The lowest BCUT2D eigenvalue weighted by molar-refractivity contribution is -0.133.